The molecule has 0 aliphatic carbocycles. The number of fused-ring (bicyclic) bond motifs is 1. The normalized spacial score (nSPS) is 20.0. The molecule has 1 saturated heterocycles. The van der Waals surface area contributed by atoms with Crippen LogP contribution >= 0.6 is 11.8 Å². The molecule has 1 N–H and O–H groups in total. The summed E-state index contributed by atoms with van der Waals surface area (Å²) in [4.78, 5) is 33.0. The molecule has 5 rings (SSSR count). The van der Waals surface area contributed by atoms with Crippen LogP contribution in [0.3, 0.4) is 0 Å². The average Bonchev–Trinajstić information content (AvgIpc) is 3.28. The van der Waals surface area contributed by atoms with E-state index in [-0.39, 0.29) is 23.4 Å². The van der Waals surface area contributed by atoms with E-state index in [9.17, 15) is 14.0 Å². The Morgan fingerprint density at radius 2 is 1.73 bits per heavy atom. The molecule has 1 unspecified atom stereocenters. The first-order valence-electron chi connectivity index (χ1n) is 10.7. The molecule has 170 valence electrons. The summed E-state index contributed by atoms with van der Waals surface area (Å²) in [6.45, 7) is 2.62. The third-order valence-electron chi connectivity index (χ3n) is 5.81. The van der Waals surface area contributed by atoms with Crippen molar-refractivity contribution >= 4 is 40.1 Å². The first-order valence-corrected chi connectivity index (χ1v) is 11.7. The van der Waals surface area contributed by atoms with Gasteiger partial charge in [-0.2, -0.15) is 5.10 Å². The minimum absolute atomic E-state index is 0.0307. The van der Waals surface area contributed by atoms with Gasteiger partial charge in [-0.1, -0.05) is 30.0 Å². The number of thioether (sulfide) groups is 1. The van der Waals surface area contributed by atoms with E-state index >= 15 is 0 Å². The molecule has 8 nitrogen and oxygen atoms in total. The maximum atomic E-state index is 13.1. The van der Waals surface area contributed by atoms with Crippen molar-refractivity contribution in [2.45, 2.75) is 6.17 Å². The minimum Gasteiger partial charge on any atom is -0.368 e. The lowest BCUT2D eigenvalue weighted by atomic mass is 10.2. The van der Waals surface area contributed by atoms with Crippen molar-refractivity contribution in [1.82, 2.24) is 15.2 Å². The number of halogens is 1. The molecule has 3 heterocycles. The Kier molecular flexibility index (Phi) is 5.91. The first kappa shape index (κ1) is 21.3. The van der Waals surface area contributed by atoms with Crippen molar-refractivity contribution in [3.05, 3.63) is 72.8 Å². The number of para-hydroxylation sites is 1. The molecule has 2 aromatic carbocycles. The van der Waals surface area contributed by atoms with Gasteiger partial charge in [-0.25, -0.2) is 4.39 Å². The van der Waals surface area contributed by atoms with E-state index in [0.29, 0.717) is 31.3 Å². The molecular weight excluding hydrogens is 443 g/mol. The number of benzene rings is 2. The van der Waals surface area contributed by atoms with Crippen LogP contribution in [-0.2, 0) is 9.59 Å². The SMILES string of the molecule is O=C(CSC1=NNC2C(=O)N(c3ccccc3)C=CN12)N1CCN(c2ccc(F)cc2)CC1. The highest BCUT2D eigenvalue weighted by atomic mass is 32.2. The zero-order valence-corrected chi connectivity index (χ0v) is 18.6. The van der Waals surface area contributed by atoms with Crippen LogP contribution in [-0.4, -0.2) is 64.9 Å². The Labute approximate surface area is 195 Å². The predicted molar refractivity (Wildman–Crippen MR) is 127 cm³/mol. The Morgan fingerprint density at radius 1 is 1.00 bits per heavy atom. The van der Waals surface area contributed by atoms with Gasteiger partial charge in [0.1, 0.15) is 5.82 Å². The lowest BCUT2D eigenvalue weighted by Crippen LogP contribution is -2.52. The summed E-state index contributed by atoms with van der Waals surface area (Å²) in [5.74, 6) is -0.117. The molecule has 10 heteroatoms. The molecule has 3 aliphatic rings. The maximum Gasteiger partial charge on any atom is 0.276 e. The third kappa shape index (κ3) is 4.38. The highest BCUT2D eigenvalue weighted by Gasteiger charge is 2.38. The molecule has 0 bridgehead atoms. The molecule has 33 heavy (non-hydrogen) atoms. The molecule has 0 spiro atoms. The van der Waals surface area contributed by atoms with Crippen molar-refractivity contribution in [2.24, 2.45) is 5.10 Å². The fraction of sp³-hybridized carbons (Fsp3) is 0.261. The molecule has 3 aliphatic heterocycles. The van der Waals surface area contributed by atoms with Gasteiger partial charge < -0.3 is 9.80 Å². The topological polar surface area (TPSA) is 71.5 Å². The number of anilines is 2. The number of amides is 2. The smallest absolute Gasteiger partial charge is 0.276 e. The van der Waals surface area contributed by atoms with E-state index in [1.807, 2.05) is 35.2 Å². The zero-order chi connectivity index (χ0) is 22.8. The van der Waals surface area contributed by atoms with Crippen molar-refractivity contribution in [3.63, 3.8) is 0 Å². The summed E-state index contributed by atoms with van der Waals surface area (Å²) in [6.07, 6.45) is 2.90. The van der Waals surface area contributed by atoms with Crippen molar-refractivity contribution in [1.29, 1.82) is 0 Å². The van der Waals surface area contributed by atoms with Gasteiger partial charge in [0.15, 0.2) is 5.17 Å². The van der Waals surface area contributed by atoms with Crippen LogP contribution in [0.2, 0.25) is 0 Å². The Hall–Kier alpha value is -3.53. The maximum absolute atomic E-state index is 13.1. The summed E-state index contributed by atoms with van der Waals surface area (Å²) in [5, 5.41) is 4.88. The number of hydrazone groups is 1. The summed E-state index contributed by atoms with van der Waals surface area (Å²) in [7, 11) is 0. The van der Waals surface area contributed by atoms with Crippen molar-refractivity contribution in [3.8, 4) is 0 Å². The van der Waals surface area contributed by atoms with Gasteiger partial charge in [0, 0.05) is 50.0 Å². The third-order valence-corrected chi connectivity index (χ3v) is 6.76. The van der Waals surface area contributed by atoms with E-state index in [0.717, 1.165) is 11.4 Å². The summed E-state index contributed by atoms with van der Waals surface area (Å²) in [5.41, 5.74) is 4.63. The van der Waals surface area contributed by atoms with Gasteiger partial charge >= 0.3 is 0 Å². The Morgan fingerprint density at radius 3 is 2.45 bits per heavy atom. The highest BCUT2D eigenvalue weighted by molar-refractivity contribution is 8.14. The summed E-state index contributed by atoms with van der Waals surface area (Å²) in [6, 6.07) is 15.8. The number of nitrogens with zero attached hydrogens (tertiary/aromatic N) is 5. The highest BCUT2D eigenvalue weighted by Crippen LogP contribution is 2.26. The second-order valence-corrected chi connectivity index (χ2v) is 8.75. The lowest BCUT2D eigenvalue weighted by Gasteiger charge is -2.36. The van der Waals surface area contributed by atoms with E-state index in [4.69, 9.17) is 0 Å². The van der Waals surface area contributed by atoms with Crippen LogP contribution in [0, 0.1) is 5.82 Å². The number of carbonyl (C=O) groups excluding carboxylic acids is 2. The average molecular weight is 467 g/mol. The van der Waals surface area contributed by atoms with Crippen LogP contribution in [0.15, 0.2) is 72.1 Å². The Balaban J connectivity index is 1.14. The summed E-state index contributed by atoms with van der Waals surface area (Å²) >= 11 is 1.31. The number of carbonyl (C=O) groups is 2. The molecule has 2 amide bonds. The van der Waals surface area contributed by atoms with Crippen LogP contribution in [0.1, 0.15) is 0 Å². The molecular formula is C23H23FN6O2S. The second kappa shape index (κ2) is 9.14. The number of nitrogens with one attached hydrogen (secondary N) is 1. The van der Waals surface area contributed by atoms with E-state index in [1.165, 1.54) is 23.9 Å². The fourth-order valence-corrected chi connectivity index (χ4v) is 4.87. The molecule has 1 atom stereocenters. The number of hydrogen-bond donors (Lipinski definition) is 1. The molecule has 0 saturated carbocycles. The van der Waals surface area contributed by atoms with Gasteiger partial charge in [-0.3, -0.25) is 24.8 Å². The fourth-order valence-electron chi connectivity index (χ4n) is 4.01. The lowest BCUT2D eigenvalue weighted by molar-refractivity contribution is -0.128. The van der Waals surface area contributed by atoms with Crippen LogP contribution < -0.4 is 15.2 Å². The van der Waals surface area contributed by atoms with Gasteiger partial charge in [-0.05, 0) is 36.4 Å². The van der Waals surface area contributed by atoms with Crippen LogP contribution in [0.5, 0.6) is 0 Å². The van der Waals surface area contributed by atoms with Gasteiger partial charge in [0.05, 0.1) is 5.75 Å². The predicted octanol–water partition coefficient (Wildman–Crippen LogP) is 2.23. The van der Waals surface area contributed by atoms with E-state index in [1.54, 1.807) is 34.3 Å². The minimum atomic E-state index is -0.618. The quantitative estimate of drug-likeness (QED) is 0.745. The molecule has 0 aromatic heterocycles. The number of amidine groups is 1. The van der Waals surface area contributed by atoms with Crippen molar-refractivity contribution < 1.29 is 14.0 Å². The second-order valence-electron chi connectivity index (χ2n) is 7.81. The molecule has 2 aromatic rings. The number of piperazine rings is 1. The monoisotopic (exact) mass is 466 g/mol. The zero-order valence-electron chi connectivity index (χ0n) is 17.8. The standard InChI is InChI=1S/C23H23FN6O2S/c24-17-6-8-18(9-7-17)27-10-12-28(13-11-27)20(31)16-33-23-26-25-21-22(32)29(14-15-30(21)23)19-4-2-1-3-5-19/h1-9,14-15,21,25H,10-13,16H2. The largest absolute Gasteiger partial charge is 0.368 e. The molecule has 0 radical (unpaired) electrons. The van der Waals surface area contributed by atoms with Gasteiger partial charge in [0.25, 0.3) is 5.91 Å². The van der Waals surface area contributed by atoms with Crippen LogP contribution in [0.4, 0.5) is 15.8 Å². The first-order chi connectivity index (χ1) is 16.1. The Bertz CT molecular complexity index is 1090. The van der Waals surface area contributed by atoms with Crippen molar-refractivity contribution in [2.75, 3.05) is 41.7 Å². The number of rotatable bonds is 4. The van der Waals surface area contributed by atoms with Gasteiger partial charge in [0.2, 0.25) is 12.1 Å². The van der Waals surface area contributed by atoms with E-state index in [2.05, 4.69) is 15.4 Å². The van der Waals surface area contributed by atoms with Gasteiger partial charge in [-0.15, -0.1) is 0 Å². The number of hydrogen-bond acceptors (Lipinski definition) is 7. The molecule has 1 fully saturated rings. The summed E-state index contributed by atoms with van der Waals surface area (Å²) < 4.78 is 13.1. The van der Waals surface area contributed by atoms with Crippen LogP contribution in [0.25, 0.3) is 0 Å². The van der Waals surface area contributed by atoms with E-state index < -0.39 is 6.17 Å².